The molecule has 0 aliphatic heterocycles. The minimum absolute atomic E-state index is 0.119. The van der Waals surface area contributed by atoms with Crippen LogP contribution < -0.4 is 10.6 Å². The van der Waals surface area contributed by atoms with Crippen molar-refractivity contribution >= 4 is 5.82 Å². The van der Waals surface area contributed by atoms with E-state index in [4.69, 9.17) is 5.73 Å². The number of nitrogens with two attached hydrogens (primary N) is 1. The average Bonchev–Trinajstić information content (AvgIpc) is 2.39. The van der Waals surface area contributed by atoms with E-state index in [1.165, 1.54) is 0 Å². The maximum atomic E-state index is 13.6. The van der Waals surface area contributed by atoms with E-state index >= 15 is 0 Å². The largest absolute Gasteiger partial charge is 0.353 e. The van der Waals surface area contributed by atoms with Crippen LogP contribution in [-0.2, 0) is 13.1 Å². The average molecular weight is 263 g/mol. The second kappa shape index (κ2) is 5.75. The minimum atomic E-state index is -0.683. The van der Waals surface area contributed by atoms with Gasteiger partial charge in [-0.3, -0.25) is 0 Å². The molecule has 0 aliphatic rings. The zero-order chi connectivity index (χ0) is 13.8. The number of aromatic nitrogens is 1. The van der Waals surface area contributed by atoms with Gasteiger partial charge in [0.15, 0.2) is 11.6 Å². The van der Waals surface area contributed by atoms with E-state index in [9.17, 15) is 8.78 Å². The van der Waals surface area contributed by atoms with Crippen LogP contribution in [0.15, 0.2) is 36.5 Å². The summed E-state index contributed by atoms with van der Waals surface area (Å²) in [6.07, 6.45) is 1.00. The molecule has 0 spiro atoms. The van der Waals surface area contributed by atoms with E-state index in [0.29, 0.717) is 13.1 Å². The number of benzene rings is 1. The first-order chi connectivity index (χ1) is 9.11. The Labute approximate surface area is 110 Å². The summed E-state index contributed by atoms with van der Waals surface area (Å²) in [5, 5.41) is 0. The van der Waals surface area contributed by atoms with Crippen molar-refractivity contribution in [3.8, 4) is 0 Å². The molecule has 2 rings (SSSR count). The molecule has 0 fully saturated rings. The zero-order valence-corrected chi connectivity index (χ0v) is 10.6. The lowest BCUT2D eigenvalue weighted by Crippen LogP contribution is -2.20. The molecule has 0 bridgehead atoms. The van der Waals surface area contributed by atoms with Crippen LogP contribution in [0.4, 0.5) is 14.6 Å². The van der Waals surface area contributed by atoms with Gasteiger partial charge in [0, 0.05) is 26.2 Å². The fraction of sp³-hybridized carbons (Fsp3) is 0.214. The molecule has 1 aromatic carbocycles. The number of anilines is 1. The van der Waals surface area contributed by atoms with E-state index in [1.54, 1.807) is 11.9 Å². The normalized spacial score (nSPS) is 10.5. The fourth-order valence-electron chi connectivity index (χ4n) is 1.93. The number of pyridine rings is 1. The molecule has 1 heterocycles. The molecule has 0 amide bonds. The van der Waals surface area contributed by atoms with Crippen LogP contribution in [0, 0.1) is 11.6 Å². The monoisotopic (exact) mass is 263 g/mol. The van der Waals surface area contributed by atoms with Gasteiger partial charge in [0.25, 0.3) is 0 Å². The van der Waals surface area contributed by atoms with Crippen LogP contribution in [-0.4, -0.2) is 12.0 Å². The lowest BCUT2D eigenvalue weighted by Gasteiger charge is -2.20. The number of rotatable bonds is 4. The molecule has 3 nitrogen and oxygen atoms in total. The number of halogens is 2. The molecule has 0 radical (unpaired) electrons. The summed E-state index contributed by atoms with van der Waals surface area (Å²) >= 11 is 0. The first-order valence-corrected chi connectivity index (χ1v) is 5.91. The third-order valence-electron chi connectivity index (χ3n) is 2.90. The second-order valence-corrected chi connectivity index (χ2v) is 4.29. The molecular weight excluding hydrogens is 248 g/mol. The molecule has 0 saturated heterocycles. The highest BCUT2D eigenvalue weighted by Crippen LogP contribution is 2.19. The molecule has 5 heteroatoms. The number of nitrogens with zero attached hydrogens (tertiary/aromatic N) is 2. The van der Waals surface area contributed by atoms with Crippen LogP contribution in [0.25, 0.3) is 0 Å². The van der Waals surface area contributed by atoms with Crippen molar-refractivity contribution < 1.29 is 8.78 Å². The van der Waals surface area contributed by atoms with Gasteiger partial charge in [0.05, 0.1) is 6.20 Å². The van der Waals surface area contributed by atoms with Gasteiger partial charge in [0.1, 0.15) is 5.82 Å². The Morgan fingerprint density at radius 3 is 2.53 bits per heavy atom. The van der Waals surface area contributed by atoms with Gasteiger partial charge in [-0.2, -0.15) is 0 Å². The molecule has 100 valence electrons. The zero-order valence-electron chi connectivity index (χ0n) is 10.6. The van der Waals surface area contributed by atoms with Crippen molar-refractivity contribution in [3.05, 3.63) is 59.3 Å². The molecule has 0 aliphatic carbocycles. The first-order valence-electron chi connectivity index (χ1n) is 5.91. The van der Waals surface area contributed by atoms with Crippen molar-refractivity contribution in [2.75, 3.05) is 11.9 Å². The fourth-order valence-corrected chi connectivity index (χ4v) is 1.93. The maximum Gasteiger partial charge on any atom is 0.168 e. The summed E-state index contributed by atoms with van der Waals surface area (Å²) in [7, 11) is 1.70. The van der Waals surface area contributed by atoms with E-state index < -0.39 is 11.6 Å². The number of hydrogen-bond acceptors (Lipinski definition) is 3. The third kappa shape index (κ3) is 3.06. The Bertz CT molecular complexity index is 572. The van der Waals surface area contributed by atoms with Gasteiger partial charge in [-0.25, -0.2) is 13.8 Å². The van der Waals surface area contributed by atoms with Gasteiger partial charge in [-0.1, -0.05) is 24.3 Å². The summed E-state index contributed by atoms with van der Waals surface area (Å²) in [5.41, 5.74) is 7.65. The van der Waals surface area contributed by atoms with Gasteiger partial charge < -0.3 is 10.6 Å². The molecular formula is C14H15F2N3. The smallest absolute Gasteiger partial charge is 0.168 e. The third-order valence-corrected chi connectivity index (χ3v) is 2.90. The lowest BCUT2D eigenvalue weighted by molar-refractivity contribution is 0.569. The Hall–Kier alpha value is -2.01. The molecule has 2 aromatic rings. The van der Waals surface area contributed by atoms with Crippen molar-refractivity contribution in [3.63, 3.8) is 0 Å². The first kappa shape index (κ1) is 13.4. The Morgan fingerprint density at radius 2 is 1.89 bits per heavy atom. The summed E-state index contributed by atoms with van der Waals surface area (Å²) in [6.45, 7) is 0.881. The summed E-state index contributed by atoms with van der Waals surface area (Å²) in [5.74, 6) is -1.24. The van der Waals surface area contributed by atoms with Crippen LogP contribution in [0.1, 0.15) is 11.1 Å². The van der Waals surface area contributed by atoms with Gasteiger partial charge in [-0.15, -0.1) is 0 Å². The van der Waals surface area contributed by atoms with Crippen molar-refractivity contribution in [2.45, 2.75) is 13.1 Å². The van der Waals surface area contributed by atoms with E-state index in [-0.39, 0.29) is 5.82 Å². The van der Waals surface area contributed by atoms with E-state index in [1.807, 2.05) is 24.3 Å². The van der Waals surface area contributed by atoms with Crippen molar-refractivity contribution in [1.82, 2.24) is 4.98 Å². The van der Waals surface area contributed by atoms with Crippen molar-refractivity contribution in [1.29, 1.82) is 0 Å². The molecule has 0 saturated carbocycles. The Kier molecular flexibility index (Phi) is 4.06. The molecule has 2 N–H and O–H groups in total. The lowest BCUT2D eigenvalue weighted by atomic mass is 10.1. The van der Waals surface area contributed by atoms with Crippen LogP contribution in [0.2, 0.25) is 0 Å². The Morgan fingerprint density at radius 1 is 1.21 bits per heavy atom. The summed E-state index contributed by atoms with van der Waals surface area (Å²) in [6, 6.07) is 8.49. The second-order valence-electron chi connectivity index (χ2n) is 4.29. The van der Waals surface area contributed by atoms with Crippen LogP contribution in [0.3, 0.4) is 0 Å². The van der Waals surface area contributed by atoms with E-state index in [0.717, 1.165) is 23.4 Å². The highest BCUT2D eigenvalue weighted by molar-refractivity contribution is 5.41. The molecule has 0 unspecified atom stereocenters. The SMILES string of the molecule is CN(Cc1ccccc1CN)c1ncc(F)cc1F. The maximum absolute atomic E-state index is 13.6. The quantitative estimate of drug-likeness (QED) is 0.921. The molecule has 1 aromatic heterocycles. The van der Waals surface area contributed by atoms with Gasteiger partial charge in [0.2, 0.25) is 0 Å². The topological polar surface area (TPSA) is 42.1 Å². The van der Waals surface area contributed by atoms with Crippen LogP contribution >= 0.6 is 0 Å². The van der Waals surface area contributed by atoms with Crippen molar-refractivity contribution in [2.24, 2.45) is 5.73 Å². The predicted octanol–water partition coefficient (Wildman–Crippen LogP) is 2.45. The predicted molar refractivity (Wildman–Crippen MR) is 70.6 cm³/mol. The summed E-state index contributed by atoms with van der Waals surface area (Å²) in [4.78, 5) is 5.40. The summed E-state index contributed by atoms with van der Waals surface area (Å²) < 4.78 is 26.4. The standard InChI is InChI=1S/C14H15F2N3/c1-19(14-13(16)6-12(15)8-18-14)9-11-5-3-2-4-10(11)7-17/h2-6,8H,7,9,17H2,1H3. The van der Waals surface area contributed by atoms with Crippen LogP contribution in [0.5, 0.6) is 0 Å². The Balaban J connectivity index is 2.23. The van der Waals surface area contributed by atoms with Gasteiger partial charge >= 0.3 is 0 Å². The highest BCUT2D eigenvalue weighted by Gasteiger charge is 2.12. The number of hydrogen-bond donors (Lipinski definition) is 1. The van der Waals surface area contributed by atoms with Gasteiger partial charge in [-0.05, 0) is 11.1 Å². The van der Waals surface area contributed by atoms with E-state index in [2.05, 4.69) is 4.98 Å². The minimum Gasteiger partial charge on any atom is -0.353 e. The molecule has 19 heavy (non-hydrogen) atoms. The highest BCUT2D eigenvalue weighted by atomic mass is 19.1. The molecule has 0 atom stereocenters.